The molecule has 0 aliphatic carbocycles. The summed E-state index contributed by atoms with van der Waals surface area (Å²) < 4.78 is 5.15. The average molecular weight is 255 g/mol. The first-order valence-electron chi connectivity index (χ1n) is 6.05. The molecule has 1 aromatic carbocycles. The van der Waals surface area contributed by atoms with Gasteiger partial charge in [0.1, 0.15) is 5.75 Å². The van der Waals surface area contributed by atoms with E-state index >= 15 is 0 Å². The lowest BCUT2D eigenvalue weighted by molar-refractivity contribution is 0.284. The molecule has 17 heavy (non-hydrogen) atoms. The second-order valence-electron chi connectivity index (χ2n) is 4.35. The molecule has 1 fully saturated rings. The molecule has 0 spiro atoms. The molecule has 2 rings (SSSR count). The summed E-state index contributed by atoms with van der Waals surface area (Å²) in [5.74, 6) is 0.743. The monoisotopic (exact) mass is 254 g/mol. The third-order valence-electron chi connectivity index (χ3n) is 3.06. The van der Waals surface area contributed by atoms with E-state index in [9.17, 15) is 0 Å². The Morgan fingerprint density at radius 3 is 3.00 bits per heavy atom. The first kappa shape index (κ1) is 12.7. The number of hydrogen-bond acceptors (Lipinski definition) is 3. The third kappa shape index (κ3) is 3.60. The molecule has 0 bridgehead atoms. The predicted octanol–water partition coefficient (Wildman–Crippen LogP) is 2.14. The van der Waals surface area contributed by atoms with E-state index in [1.54, 1.807) is 7.11 Å². The van der Waals surface area contributed by atoms with Crippen LogP contribution < -0.4 is 10.1 Å². The summed E-state index contributed by atoms with van der Waals surface area (Å²) in [7, 11) is 1.64. The third-order valence-corrected chi connectivity index (χ3v) is 3.35. The Balaban J connectivity index is 1.99. The van der Waals surface area contributed by atoms with Crippen LogP contribution in [-0.4, -0.2) is 38.2 Å². The highest BCUT2D eigenvalue weighted by Crippen LogP contribution is 2.25. The molecule has 0 aromatic heterocycles. The maximum absolute atomic E-state index is 6.12. The summed E-state index contributed by atoms with van der Waals surface area (Å²) >= 11 is 6.12. The lowest BCUT2D eigenvalue weighted by atomic mass is 10.2. The highest BCUT2D eigenvalue weighted by atomic mass is 35.5. The van der Waals surface area contributed by atoms with Crippen LogP contribution in [0, 0.1) is 0 Å². The van der Waals surface area contributed by atoms with Crippen molar-refractivity contribution in [2.75, 3.05) is 33.3 Å². The maximum atomic E-state index is 6.12. The summed E-state index contributed by atoms with van der Waals surface area (Å²) in [6.07, 6.45) is 1.21. The largest absolute Gasteiger partial charge is 0.495 e. The lowest BCUT2D eigenvalue weighted by Crippen LogP contribution is -2.27. The molecule has 1 aliphatic heterocycles. The van der Waals surface area contributed by atoms with E-state index < -0.39 is 0 Å². The highest BCUT2D eigenvalue weighted by Gasteiger charge is 2.10. The Hall–Kier alpha value is -0.770. The van der Waals surface area contributed by atoms with Gasteiger partial charge in [-0.05, 0) is 37.2 Å². The summed E-state index contributed by atoms with van der Waals surface area (Å²) in [4.78, 5) is 2.46. The number of rotatable bonds is 3. The summed E-state index contributed by atoms with van der Waals surface area (Å²) in [6.45, 7) is 5.41. The number of halogens is 1. The van der Waals surface area contributed by atoms with Gasteiger partial charge in [0.15, 0.2) is 0 Å². The van der Waals surface area contributed by atoms with Gasteiger partial charge in [-0.1, -0.05) is 17.7 Å². The molecule has 1 N–H and O–H groups in total. The van der Waals surface area contributed by atoms with Crippen LogP contribution in [0.1, 0.15) is 12.0 Å². The Morgan fingerprint density at radius 1 is 1.35 bits per heavy atom. The van der Waals surface area contributed by atoms with Crippen molar-refractivity contribution in [3.8, 4) is 5.75 Å². The first-order valence-corrected chi connectivity index (χ1v) is 6.43. The number of nitrogens with zero attached hydrogens (tertiary/aromatic N) is 1. The molecule has 0 atom stereocenters. The second kappa shape index (κ2) is 6.24. The number of methoxy groups -OCH3 is 1. The van der Waals surface area contributed by atoms with Crippen molar-refractivity contribution in [1.29, 1.82) is 0 Å². The molecule has 4 heteroatoms. The van der Waals surface area contributed by atoms with E-state index in [4.69, 9.17) is 16.3 Å². The molecule has 0 unspecified atom stereocenters. The van der Waals surface area contributed by atoms with Crippen molar-refractivity contribution in [1.82, 2.24) is 10.2 Å². The van der Waals surface area contributed by atoms with Gasteiger partial charge < -0.3 is 10.1 Å². The molecule has 1 saturated heterocycles. The van der Waals surface area contributed by atoms with Gasteiger partial charge in [-0.2, -0.15) is 0 Å². The van der Waals surface area contributed by atoms with Gasteiger partial charge in [-0.25, -0.2) is 0 Å². The van der Waals surface area contributed by atoms with Gasteiger partial charge in [0.05, 0.1) is 12.1 Å². The van der Waals surface area contributed by atoms with E-state index in [1.807, 2.05) is 12.1 Å². The fourth-order valence-electron chi connectivity index (χ4n) is 2.13. The molecular formula is C13H19ClN2O. The number of nitrogens with one attached hydrogen (secondary N) is 1. The molecule has 0 amide bonds. The molecule has 0 radical (unpaired) electrons. The van der Waals surface area contributed by atoms with E-state index in [1.165, 1.54) is 12.0 Å². The van der Waals surface area contributed by atoms with Crippen LogP contribution in [0.5, 0.6) is 5.75 Å². The Morgan fingerprint density at radius 2 is 2.24 bits per heavy atom. The van der Waals surface area contributed by atoms with Crippen LogP contribution in [-0.2, 0) is 6.54 Å². The van der Waals surface area contributed by atoms with Crippen molar-refractivity contribution in [3.05, 3.63) is 28.8 Å². The van der Waals surface area contributed by atoms with E-state index in [0.29, 0.717) is 5.02 Å². The van der Waals surface area contributed by atoms with Crippen molar-refractivity contribution in [3.63, 3.8) is 0 Å². The zero-order valence-corrected chi connectivity index (χ0v) is 11.0. The Bertz CT molecular complexity index is 362. The number of hydrogen-bond donors (Lipinski definition) is 1. The lowest BCUT2D eigenvalue weighted by Gasteiger charge is -2.19. The Kier molecular flexibility index (Phi) is 4.66. The fraction of sp³-hybridized carbons (Fsp3) is 0.538. The number of benzene rings is 1. The van der Waals surface area contributed by atoms with Crippen LogP contribution >= 0.6 is 11.6 Å². The second-order valence-corrected chi connectivity index (χ2v) is 4.76. The van der Waals surface area contributed by atoms with Crippen molar-refractivity contribution in [2.45, 2.75) is 13.0 Å². The molecule has 1 heterocycles. The Labute approximate surface area is 108 Å². The van der Waals surface area contributed by atoms with Crippen LogP contribution in [0.4, 0.5) is 0 Å². The quantitative estimate of drug-likeness (QED) is 0.895. The smallest absolute Gasteiger partial charge is 0.137 e. The molecule has 1 aliphatic rings. The minimum absolute atomic E-state index is 0.693. The molecule has 3 nitrogen and oxygen atoms in total. The standard InChI is InChI=1S/C13H19ClN2O/c1-17-13-4-3-11(9-12(13)14)10-16-7-2-5-15-6-8-16/h3-4,9,15H,2,5-8,10H2,1H3. The summed E-state index contributed by atoms with van der Waals surface area (Å²) in [5, 5.41) is 4.10. The van der Waals surface area contributed by atoms with Crippen LogP contribution in [0.15, 0.2) is 18.2 Å². The van der Waals surface area contributed by atoms with Crippen molar-refractivity contribution in [2.24, 2.45) is 0 Å². The van der Waals surface area contributed by atoms with E-state index in [0.717, 1.165) is 38.5 Å². The van der Waals surface area contributed by atoms with E-state index in [-0.39, 0.29) is 0 Å². The first-order chi connectivity index (χ1) is 8.29. The van der Waals surface area contributed by atoms with Gasteiger partial charge in [0.25, 0.3) is 0 Å². The maximum Gasteiger partial charge on any atom is 0.137 e. The SMILES string of the molecule is COc1ccc(CN2CCCNCC2)cc1Cl. The van der Waals surface area contributed by atoms with Gasteiger partial charge in [0, 0.05) is 19.6 Å². The van der Waals surface area contributed by atoms with Gasteiger partial charge in [0.2, 0.25) is 0 Å². The minimum atomic E-state index is 0.693. The summed E-state index contributed by atoms with van der Waals surface area (Å²) in [6, 6.07) is 6.02. The molecule has 1 aromatic rings. The van der Waals surface area contributed by atoms with Crippen LogP contribution in [0.2, 0.25) is 5.02 Å². The summed E-state index contributed by atoms with van der Waals surface area (Å²) in [5.41, 5.74) is 1.25. The normalized spacial score (nSPS) is 17.8. The highest BCUT2D eigenvalue weighted by molar-refractivity contribution is 6.32. The molecule has 0 saturated carbocycles. The van der Waals surface area contributed by atoms with Gasteiger partial charge >= 0.3 is 0 Å². The van der Waals surface area contributed by atoms with Crippen LogP contribution in [0.3, 0.4) is 0 Å². The van der Waals surface area contributed by atoms with Crippen molar-refractivity contribution < 1.29 is 4.74 Å². The minimum Gasteiger partial charge on any atom is -0.495 e. The molecular weight excluding hydrogens is 236 g/mol. The zero-order valence-electron chi connectivity index (χ0n) is 10.2. The fourth-order valence-corrected chi connectivity index (χ4v) is 2.41. The van der Waals surface area contributed by atoms with Gasteiger partial charge in [-0.15, -0.1) is 0 Å². The molecule has 94 valence electrons. The van der Waals surface area contributed by atoms with E-state index in [2.05, 4.69) is 16.3 Å². The van der Waals surface area contributed by atoms with Gasteiger partial charge in [-0.3, -0.25) is 4.90 Å². The topological polar surface area (TPSA) is 24.5 Å². The number of ether oxygens (including phenoxy) is 1. The van der Waals surface area contributed by atoms with Crippen LogP contribution in [0.25, 0.3) is 0 Å². The predicted molar refractivity (Wildman–Crippen MR) is 70.8 cm³/mol. The zero-order chi connectivity index (χ0) is 12.1. The van der Waals surface area contributed by atoms with Crippen molar-refractivity contribution >= 4 is 11.6 Å². The average Bonchev–Trinajstić information content (AvgIpc) is 2.58.